The molecule has 0 aromatic heterocycles. The molecule has 2 atom stereocenters. The molecule has 5 rings (SSSR count). The number of aliphatic imine (C=N–C) groups is 1. The number of carbonyl (C=O) groups is 2. The summed E-state index contributed by atoms with van der Waals surface area (Å²) in [5, 5.41) is 8.88. The van der Waals surface area contributed by atoms with Gasteiger partial charge in [0.05, 0.1) is 28.6 Å². The molecule has 0 radical (unpaired) electrons. The van der Waals surface area contributed by atoms with Crippen LogP contribution >= 0.6 is 0 Å². The maximum atomic E-state index is 14.0. The maximum absolute atomic E-state index is 14.0. The van der Waals surface area contributed by atoms with E-state index in [0.717, 1.165) is 16.7 Å². The average Bonchev–Trinajstić information content (AvgIpc) is 3.36. The monoisotopic (exact) mass is 619 g/mol. The van der Waals surface area contributed by atoms with Crippen LogP contribution in [-0.2, 0) is 31.6 Å². The second-order valence-corrected chi connectivity index (χ2v) is 12.9. The standard InChI is InChI=1S/C29H32F3N5O5S/c1-17-5-6-19(14-34-13-17)25-26(36-23(38)15-43(40,41)33-2)24-22(35-25)4-3-10-28(37-27(24)39)11-9-18-12-20(7-8-21(18)28)42-16-29(30,31)32/h5-8,12-14,22,33-34H,3-4,9-11,15-16H2,1-2H3,(H,36,38)(H,37,39)/t22?,28-/m0/s1. The number of halogens is 3. The molecule has 230 valence electrons. The minimum absolute atomic E-state index is 0.103. The number of fused-ring (bicyclic) bond motifs is 3. The summed E-state index contributed by atoms with van der Waals surface area (Å²) in [5.74, 6) is -2.02. The van der Waals surface area contributed by atoms with Crippen LogP contribution in [0.2, 0.25) is 0 Å². The summed E-state index contributed by atoms with van der Waals surface area (Å²) < 4.78 is 69.2. The van der Waals surface area contributed by atoms with Crippen LogP contribution in [0.3, 0.4) is 0 Å². The van der Waals surface area contributed by atoms with Crippen molar-refractivity contribution in [3.05, 3.63) is 76.3 Å². The van der Waals surface area contributed by atoms with E-state index in [4.69, 9.17) is 9.73 Å². The summed E-state index contributed by atoms with van der Waals surface area (Å²) in [5.41, 5.74) is 3.08. The third-order valence-electron chi connectivity index (χ3n) is 7.86. The van der Waals surface area contributed by atoms with Gasteiger partial charge in [0.1, 0.15) is 11.5 Å². The van der Waals surface area contributed by atoms with Gasteiger partial charge in [0, 0.05) is 18.0 Å². The zero-order valence-corrected chi connectivity index (χ0v) is 24.4. The van der Waals surface area contributed by atoms with Crippen molar-refractivity contribution >= 4 is 27.5 Å². The van der Waals surface area contributed by atoms with Gasteiger partial charge in [0.2, 0.25) is 15.9 Å². The molecule has 0 bridgehead atoms. The van der Waals surface area contributed by atoms with Crippen molar-refractivity contribution in [3.63, 3.8) is 0 Å². The number of benzene rings is 1. The van der Waals surface area contributed by atoms with Crippen molar-refractivity contribution in [1.82, 2.24) is 20.7 Å². The highest BCUT2D eigenvalue weighted by molar-refractivity contribution is 7.90. The molecule has 1 aliphatic carbocycles. The molecule has 1 unspecified atom stereocenters. The molecule has 1 spiro atoms. The Morgan fingerprint density at radius 2 is 2.00 bits per heavy atom. The molecule has 1 fully saturated rings. The van der Waals surface area contributed by atoms with E-state index in [-0.39, 0.29) is 17.0 Å². The number of hydrogen-bond acceptors (Lipinski definition) is 7. The number of rotatable bonds is 7. The number of nitrogens with zero attached hydrogens (tertiary/aromatic N) is 1. The molecule has 3 aliphatic heterocycles. The third-order valence-corrected chi connectivity index (χ3v) is 9.13. The van der Waals surface area contributed by atoms with E-state index in [9.17, 15) is 31.2 Å². The highest BCUT2D eigenvalue weighted by Crippen LogP contribution is 2.44. The molecular weight excluding hydrogens is 587 g/mol. The van der Waals surface area contributed by atoms with Crippen LogP contribution in [0.5, 0.6) is 5.75 Å². The number of amides is 2. The molecule has 43 heavy (non-hydrogen) atoms. The smallest absolute Gasteiger partial charge is 0.422 e. The number of nitrogens with one attached hydrogen (secondary N) is 4. The van der Waals surface area contributed by atoms with E-state index in [0.29, 0.717) is 43.4 Å². The zero-order chi connectivity index (χ0) is 31.0. The van der Waals surface area contributed by atoms with Crippen molar-refractivity contribution < 1.29 is 35.9 Å². The molecular formula is C29H32F3N5O5S. The number of carbonyl (C=O) groups excluding carboxylic acids is 2. The number of sulfonamides is 1. The fraction of sp³-hybridized carbons (Fsp3) is 0.414. The topological polar surface area (TPSA) is 138 Å². The lowest BCUT2D eigenvalue weighted by Gasteiger charge is -2.35. The highest BCUT2D eigenvalue weighted by atomic mass is 32.2. The number of ether oxygens (including phenoxy) is 1. The van der Waals surface area contributed by atoms with Gasteiger partial charge in [-0.05, 0) is 74.9 Å². The Labute approximate surface area is 247 Å². The van der Waals surface area contributed by atoms with Crippen LogP contribution in [0.4, 0.5) is 13.2 Å². The zero-order valence-electron chi connectivity index (χ0n) is 23.6. The Morgan fingerprint density at radius 3 is 2.74 bits per heavy atom. The first kappa shape index (κ1) is 30.5. The first-order valence-corrected chi connectivity index (χ1v) is 15.4. The van der Waals surface area contributed by atoms with Crippen molar-refractivity contribution in [2.45, 2.75) is 56.8 Å². The summed E-state index contributed by atoms with van der Waals surface area (Å²) in [6, 6.07) is 4.19. The van der Waals surface area contributed by atoms with Crippen molar-refractivity contribution in [2.75, 3.05) is 19.4 Å². The van der Waals surface area contributed by atoms with Gasteiger partial charge in [0.25, 0.3) is 5.91 Å². The van der Waals surface area contributed by atoms with E-state index < -0.39 is 52.0 Å². The second kappa shape index (κ2) is 11.6. The second-order valence-electron chi connectivity index (χ2n) is 10.9. The molecule has 0 saturated carbocycles. The molecule has 1 aromatic carbocycles. The van der Waals surface area contributed by atoms with Crippen LogP contribution in [0, 0.1) is 0 Å². The molecule has 14 heteroatoms. The fourth-order valence-electron chi connectivity index (χ4n) is 5.86. The van der Waals surface area contributed by atoms with Gasteiger partial charge >= 0.3 is 6.18 Å². The molecule has 2 amide bonds. The summed E-state index contributed by atoms with van der Waals surface area (Å²) >= 11 is 0. The summed E-state index contributed by atoms with van der Waals surface area (Å²) in [7, 11) is -2.68. The van der Waals surface area contributed by atoms with Crippen LogP contribution in [-0.4, -0.2) is 57.6 Å². The first-order valence-electron chi connectivity index (χ1n) is 13.8. The maximum Gasteiger partial charge on any atom is 0.422 e. The van der Waals surface area contributed by atoms with Gasteiger partial charge < -0.3 is 20.7 Å². The van der Waals surface area contributed by atoms with E-state index in [1.807, 2.05) is 13.0 Å². The largest absolute Gasteiger partial charge is 0.484 e. The summed E-state index contributed by atoms with van der Waals surface area (Å²) in [4.78, 5) is 31.8. The van der Waals surface area contributed by atoms with Gasteiger partial charge in [-0.2, -0.15) is 13.2 Å². The minimum Gasteiger partial charge on any atom is -0.484 e. The fourth-order valence-corrected chi connectivity index (χ4v) is 6.42. The van der Waals surface area contributed by atoms with Crippen LogP contribution in [0.25, 0.3) is 0 Å². The summed E-state index contributed by atoms with van der Waals surface area (Å²) in [6.45, 7) is 0.499. The van der Waals surface area contributed by atoms with E-state index in [2.05, 4.69) is 20.7 Å². The quantitative estimate of drug-likeness (QED) is 0.371. The van der Waals surface area contributed by atoms with Crippen LogP contribution in [0.15, 0.2) is 70.2 Å². The van der Waals surface area contributed by atoms with Gasteiger partial charge in [0.15, 0.2) is 6.61 Å². The average molecular weight is 620 g/mol. The van der Waals surface area contributed by atoms with Gasteiger partial charge in [-0.15, -0.1) is 0 Å². The Hall–Kier alpha value is -3.91. The normalized spacial score (nSPS) is 23.6. The SMILES string of the molecule is CNS(=O)(=O)CC(=O)NC1=C2C(=O)N[C@@]3(CCCC2N=C1C1=CNC=C(C)C=C1)CCc1cc(OCC(F)(F)F)ccc13. The molecule has 4 N–H and O–H groups in total. The Morgan fingerprint density at radius 1 is 1.21 bits per heavy atom. The predicted molar refractivity (Wildman–Crippen MR) is 153 cm³/mol. The third kappa shape index (κ3) is 6.69. The minimum atomic E-state index is -4.46. The van der Waals surface area contributed by atoms with Gasteiger partial charge in [-0.3, -0.25) is 14.6 Å². The Balaban J connectivity index is 1.48. The van der Waals surface area contributed by atoms with E-state index in [1.54, 1.807) is 30.6 Å². The highest BCUT2D eigenvalue weighted by Gasteiger charge is 2.45. The molecule has 3 heterocycles. The molecule has 10 nitrogen and oxygen atoms in total. The number of allylic oxidation sites excluding steroid dienone is 4. The van der Waals surface area contributed by atoms with Crippen LogP contribution < -0.4 is 25.4 Å². The first-order chi connectivity index (χ1) is 20.3. The lowest BCUT2D eigenvalue weighted by atomic mass is 9.82. The van der Waals surface area contributed by atoms with E-state index >= 15 is 0 Å². The Bertz CT molecular complexity index is 1610. The Kier molecular flexibility index (Phi) is 8.27. The van der Waals surface area contributed by atoms with Crippen LogP contribution in [0.1, 0.15) is 43.7 Å². The van der Waals surface area contributed by atoms with Crippen molar-refractivity contribution in [3.8, 4) is 5.75 Å². The van der Waals surface area contributed by atoms with Gasteiger partial charge in [-0.1, -0.05) is 18.2 Å². The molecule has 1 aromatic rings. The number of hydrogen-bond donors (Lipinski definition) is 4. The summed E-state index contributed by atoms with van der Waals surface area (Å²) in [6.07, 6.45) is 5.45. The molecule has 4 aliphatic rings. The molecule has 1 saturated heterocycles. The number of alkyl halides is 3. The van der Waals surface area contributed by atoms with E-state index in [1.165, 1.54) is 13.1 Å². The lowest BCUT2D eigenvalue weighted by Crippen LogP contribution is -2.48. The number of aryl methyl sites for hydroxylation is 1. The lowest BCUT2D eigenvalue weighted by molar-refractivity contribution is -0.153. The predicted octanol–water partition coefficient (Wildman–Crippen LogP) is 2.76. The van der Waals surface area contributed by atoms with Crippen molar-refractivity contribution in [2.24, 2.45) is 4.99 Å². The van der Waals surface area contributed by atoms with Gasteiger partial charge in [-0.25, -0.2) is 13.1 Å². The van der Waals surface area contributed by atoms with Crippen molar-refractivity contribution in [1.29, 1.82) is 0 Å².